The summed E-state index contributed by atoms with van der Waals surface area (Å²) in [7, 11) is 0. The maximum absolute atomic E-state index is 10.9. The first-order chi connectivity index (χ1) is 8.56. The number of aromatic nitrogens is 1. The largest absolute Gasteiger partial charge is 0.350 e. The number of rotatable bonds is 3. The first-order valence-electron chi connectivity index (χ1n) is 5.15. The quantitative estimate of drug-likeness (QED) is 0.632. The molecule has 2 rings (SSSR count). The molecule has 0 unspecified atom stereocenters. The molecule has 1 aromatic carbocycles. The average Bonchev–Trinajstić information content (AvgIpc) is 2.34. The number of benzene rings is 1. The van der Waals surface area contributed by atoms with E-state index in [9.17, 15) is 14.9 Å². The molecule has 0 saturated heterocycles. The van der Waals surface area contributed by atoms with Gasteiger partial charge < -0.3 is 4.57 Å². The zero-order valence-electron chi connectivity index (χ0n) is 9.25. The molecular weight excluding hydrogens is 256 g/mol. The molecule has 0 fully saturated rings. The number of halogens is 1. The Balaban J connectivity index is 2.27. The highest BCUT2D eigenvalue weighted by Gasteiger charge is 2.09. The van der Waals surface area contributed by atoms with Gasteiger partial charge in [-0.25, -0.2) is 0 Å². The highest BCUT2D eigenvalue weighted by Crippen LogP contribution is 2.22. The summed E-state index contributed by atoms with van der Waals surface area (Å²) in [6.07, 6.45) is 3.28. The van der Waals surface area contributed by atoms with Crippen LogP contribution in [0.15, 0.2) is 47.5 Å². The SMILES string of the molecule is O=c1ccn(Cc2ccc([N+](=O)[O-])cc2Cl)cc1. The number of nitrogens with zero attached hydrogens (tertiary/aromatic N) is 2. The third-order valence-corrected chi connectivity index (χ3v) is 2.81. The van der Waals surface area contributed by atoms with E-state index in [1.807, 2.05) is 0 Å². The molecule has 18 heavy (non-hydrogen) atoms. The van der Waals surface area contributed by atoms with Crippen LogP contribution in [-0.2, 0) is 6.54 Å². The van der Waals surface area contributed by atoms with Gasteiger partial charge in [-0.15, -0.1) is 0 Å². The predicted octanol–water partition coefficient (Wildman–Crippen LogP) is 2.46. The molecule has 0 atom stereocenters. The number of nitro groups is 1. The first-order valence-corrected chi connectivity index (χ1v) is 5.53. The Kier molecular flexibility index (Phi) is 3.43. The van der Waals surface area contributed by atoms with Crippen LogP contribution in [0.4, 0.5) is 5.69 Å². The average molecular weight is 265 g/mol. The van der Waals surface area contributed by atoms with Crippen LogP contribution in [0.3, 0.4) is 0 Å². The molecule has 0 saturated carbocycles. The van der Waals surface area contributed by atoms with Crippen molar-refractivity contribution in [2.45, 2.75) is 6.54 Å². The summed E-state index contributed by atoms with van der Waals surface area (Å²) in [4.78, 5) is 21.0. The second kappa shape index (κ2) is 5.01. The van der Waals surface area contributed by atoms with E-state index in [1.54, 1.807) is 23.0 Å². The summed E-state index contributed by atoms with van der Waals surface area (Å²) in [6, 6.07) is 7.22. The molecule has 0 bridgehead atoms. The molecule has 92 valence electrons. The molecule has 0 radical (unpaired) electrons. The van der Waals surface area contributed by atoms with Crippen molar-refractivity contribution < 1.29 is 4.92 Å². The van der Waals surface area contributed by atoms with Crippen molar-refractivity contribution in [3.05, 3.63) is 73.6 Å². The third kappa shape index (κ3) is 2.75. The summed E-state index contributed by atoms with van der Waals surface area (Å²) in [5, 5.41) is 10.9. The number of nitro benzene ring substituents is 1. The lowest BCUT2D eigenvalue weighted by Gasteiger charge is -2.07. The van der Waals surface area contributed by atoms with Gasteiger partial charge in [-0.3, -0.25) is 14.9 Å². The fourth-order valence-corrected chi connectivity index (χ4v) is 1.76. The fourth-order valence-electron chi connectivity index (χ4n) is 1.52. The van der Waals surface area contributed by atoms with Crippen molar-refractivity contribution in [1.82, 2.24) is 4.57 Å². The Hall–Kier alpha value is -2.14. The van der Waals surface area contributed by atoms with E-state index < -0.39 is 4.92 Å². The van der Waals surface area contributed by atoms with Crippen LogP contribution < -0.4 is 5.43 Å². The van der Waals surface area contributed by atoms with Crippen molar-refractivity contribution in [3.63, 3.8) is 0 Å². The normalized spacial score (nSPS) is 10.3. The lowest BCUT2D eigenvalue weighted by molar-refractivity contribution is -0.384. The van der Waals surface area contributed by atoms with Crippen LogP contribution in [0, 0.1) is 10.1 Å². The Morgan fingerprint density at radius 2 is 1.89 bits per heavy atom. The Labute approximate surface area is 107 Å². The maximum atomic E-state index is 10.9. The molecule has 2 aromatic rings. The highest BCUT2D eigenvalue weighted by molar-refractivity contribution is 6.31. The molecule has 1 aromatic heterocycles. The zero-order chi connectivity index (χ0) is 13.1. The molecular formula is C12H9ClN2O3. The van der Waals surface area contributed by atoms with Crippen LogP contribution in [0.2, 0.25) is 5.02 Å². The van der Waals surface area contributed by atoms with E-state index in [0.717, 1.165) is 5.56 Å². The topological polar surface area (TPSA) is 65.1 Å². The predicted molar refractivity (Wildman–Crippen MR) is 67.9 cm³/mol. The van der Waals surface area contributed by atoms with Gasteiger partial charge in [-0.1, -0.05) is 11.6 Å². The molecule has 0 aliphatic heterocycles. The van der Waals surface area contributed by atoms with Gasteiger partial charge in [-0.2, -0.15) is 0 Å². The summed E-state index contributed by atoms with van der Waals surface area (Å²) in [6.45, 7) is 0.455. The van der Waals surface area contributed by atoms with Crippen molar-refractivity contribution in [2.75, 3.05) is 0 Å². The molecule has 1 heterocycles. The minimum absolute atomic E-state index is 0.0383. The van der Waals surface area contributed by atoms with Gasteiger partial charge in [0.25, 0.3) is 5.69 Å². The third-order valence-electron chi connectivity index (χ3n) is 2.46. The van der Waals surface area contributed by atoms with Gasteiger partial charge in [0.05, 0.1) is 9.95 Å². The van der Waals surface area contributed by atoms with Crippen LogP contribution in [0.1, 0.15) is 5.56 Å². The lowest BCUT2D eigenvalue weighted by atomic mass is 10.2. The van der Waals surface area contributed by atoms with Crippen molar-refractivity contribution in [1.29, 1.82) is 0 Å². The van der Waals surface area contributed by atoms with Crippen LogP contribution in [0.25, 0.3) is 0 Å². The van der Waals surface area contributed by atoms with Gasteiger partial charge in [0.15, 0.2) is 5.43 Å². The Morgan fingerprint density at radius 1 is 1.22 bits per heavy atom. The van der Waals surface area contributed by atoms with Gasteiger partial charge >= 0.3 is 0 Å². The molecule has 0 spiro atoms. The van der Waals surface area contributed by atoms with E-state index in [1.165, 1.54) is 24.3 Å². The smallest absolute Gasteiger partial charge is 0.270 e. The molecule has 6 heteroatoms. The van der Waals surface area contributed by atoms with Crippen molar-refractivity contribution in [2.24, 2.45) is 0 Å². The van der Waals surface area contributed by atoms with Crippen molar-refractivity contribution in [3.8, 4) is 0 Å². The summed E-state index contributed by atoms with van der Waals surface area (Å²) in [5.41, 5.74) is 0.649. The van der Waals surface area contributed by atoms with E-state index >= 15 is 0 Å². The standard InChI is InChI=1S/C12H9ClN2O3/c13-12-7-10(15(17)18)2-1-9(12)8-14-5-3-11(16)4-6-14/h1-7H,8H2. The van der Waals surface area contributed by atoms with Crippen LogP contribution >= 0.6 is 11.6 Å². The Bertz CT molecular complexity index is 632. The highest BCUT2D eigenvalue weighted by atomic mass is 35.5. The lowest BCUT2D eigenvalue weighted by Crippen LogP contribution is -2.05. The fraction of sp³-hybridized carbons (Fsp3) is 0.0833. The summed E-state index contributed by atoms with van der Waals surface area (Å²) < 4.78 is 1.77. The van der Waals surface area contributed by atoms with Crippen LogP contribution in [-0.4, -0.2) is 9.49 Å². The molecule has 5 nitrogen and oxygen atoms in total. The van der Waals surface area contributed by atoms with E-state index in [0.29, 0.717) is 11.6 Å². The van der Waals surface area contributed by atoms with Gasteiger partial charge in [0.1, 0.15) is 0 Å². The molecule has 0 aliphatic carbocycles. The van der Waals surface area contributed by atoms with Gasteiger partial charge in [0, 0.05) is 43.2 Å². The van der Waals surface area contributed by atoms with E-state index in [4.69, 9.17) is 11.6 Å². The number of non-ortho nitro benzene ring substituents is 1. The second-order valence-electron chi connectivity index (χ2n) is 3.74. The number of pyridine rings is 1. The van der Waals surface area contributed by atoms with Crippen LogP contribution in [0.5, 0.6) is 0 Å². The zero-order valence-corrected chi connectivity index (χ0v) is 10.0. The van der Waals surface area contributed by atoms with Crippen molar-refractivity contribution >= 4 is 17.3 Å². The van der Waals surface area contributed by atoms with E-state index in [-0.39, 0.29) is 11.1 Å². The summed E-state index contributed by atoms with van der Waals surface area (Å²) in [5.74, 6) is 0. The Morgan fingerprint density at radius 3 is 2.44 bits per heavy atom. The first kappa shape index (κ1) is 12.3. The number of hydrogen-bond acceptors (Lipinski definition) is 3. The minimum Gasteiger partial charge on any atom is -0.350 e. The monoisotopic (exact) mass is 264 g/mol. The molecule has 0 amide bonds. The van der Waals surface area contributed by atoms with Gasteiger partial charge in [-0.05, 0) is 11.6 Å². The molecule has 0 aliphatic rings. The second-order valence-corrected chi connectivity index (χ2v) is 4.15. The van der Waals surface area contributed by atoms with E-state index in [2.05, 4.69) is 0 Å². The summed E-state index contributed by atoms with van der Waals surface area (Å²) >= 11 is 5.98. The minimum atomic E-state index is -0.491. The van der Waals surface area contributed by atoms with Gasteiger partial charge in [0.2, 0.25) is 0 Å². The number of hydrogen-bond donors (Lipinski definition) is 0. The molecule has 0 N–H and O–H groups in total. The maximum Gasteiger partial charge on any atom is 0.270 e.